The lowest BCUT2D eigenvalue weighted by Crippen LogP contribution is -2.68. The van der Waals surface area contributed by atoms with Crippen molar-refractivity contribution in [2.75, 3.05) is 19.8 Å². The van der Waals surface area contributed by atoms with Gasteiger partial charge in [0.15, 0.2) is 18.9 Å². The fourth-order valence-corrected chi connectivity index (χ4v) is 5.70. The second-order valence-electron chi connectivity index (χ2n) is 11.2. The van der Waals surface area contributed by atoms with Crippen LogP contribution < -0.4 is 28.7 Å². The maximum atomic E-state index is 11.1. The lowest BCUT2D eigenvalue weighted by Gasteiger charge is -2.47. The number of aliphatic hydroxyl groups excluding tert-OH is 8. The van der Waals surface area contributed by atoms with E-state index >= 15 is 0 Å². The molecule has 0 unspecified atom stereocenters. The Hall–Kier alpha value is -0.760. The van der Waals surface area contributed by atoms with E-state index in [1.165, 1.54) is 0 Å². The first-order valence-electron chi connectivity index (χ1n) is 13.8. The molecule has 0 radical (unpaired) electrons. The van der Waals surface area contributed by atoms with Crippen LogP contribution in [0.2, 0.25) is 0 Å². The predicted molar refractivity (Wildman–Crippen MR) is 136 cm³/mol. The number of aliphatic hydroxyl groups is 8. The molecule has 19 heteroatoms. The molecule has 0 amide bonds. The van der Waals surface area contributed by atoms with Crippen LogP contribution in [-0.2, 0) is 28.4 Å². The molecule has 0 spiro atoms. The Morgan fingerprint density at radius 3 is 1.55 bits per heavy atom. The molecule has 3 heterocycles. The fraction of sp³-hybridized carbons (Fsp3) is 1.00. The molecule has 18 N–H and O–H groups in total. The van der Waals surface area contributed by atoms with E-state index in [9.17, 15) is 40.9 Å². The minimum atomic E-state index is -1.62. The molecule has 0 aromatic heterocycles. The van der Waals surface area contributed by atoms with Crippen LogP contribution >= 0.6 is 0 Å². The number of rotatable bonds is 9. The molecule has 4 aliphatic rings. The van der Waals surface area contributed by atoms with Crippen molar-refractivity contribution < 1.29 is 69.3 Å². The highest BCUT2D eigenvalue weighted by molar-refractivity contribution is 5.02. The zero-order valence-electron chi connectivity index (χ0n) is 22.7. The Balaban J connectivity index is 1.50. The standard InChI is InChI=1S/C23H45N5O14/c24-2-7-13(32)15(34)10(27)21(37-7)41-19-9(4-30)39-23(17(19)36)42-20-12(31)5(25)1-6(26)18(20)40-22-11(28)16(35)14(33)8(3-29)38-22/h5-23,29-36H,1-4,24-28H2/t5-,6+,7+,8-,9+,10-,11-,12+,13-,14-,15-,16-,17+,18-,19+,20-,21-,22-,23+/m0/s1. The molecule has 3 saturated heterocycles. The van der Waals surface area contributed by atoms with Crippen molar-refractivity contribution in [2.24, 2.45) is 28.7 Å². The van der Waals surface area contributed by atoms with Crippen LogP contribution in [0.25, 0.3) is 0 Å². The van der Waals surface area contributed by atoms with Crippen LogP contribution in [0.3, 0.4) is 0 Å². The molecule has 42 heavy (non-hydrogen) atoms. The van der Waals surface area contributed by atoms with Crippen molar-refractivity contribution >= 4 is 0 Å². The monoisotopic (exact) mass is 615 g/mol. The Labute approximate surface area is 240 Å². The highest BCUT2D eigenvalue weighted by Gasteiger charge is 2.54. The van der Waals surface area contributed by atoms with Gasteiger partial charge < -0.3 is 97.9 Å². The summed E-state index contributed by atoms with van der Waals surface area (Å²) in [5.41, 5.74) is 29.9. The van der Waals surface area contributed by atoms with Crippen LogP contribution in [0.1, 0.15) is 6.42 Å². The average molecular weight is 616 g/mol. The van der Waals surface area contributed by atoms with Crippen molar-refractivity contribution in [3.63, 3.8) is 0 Å². The van der Waals surface area contributed by atoms with E-state index in [1.807, 2.05) is 0 Å². The lowest BCUT2D eigenvalue weighted by atomic mass is 9.84. The number of nitrogens with two attached hydrogens (primary N) is 5. The molecule has 3 aliphatic heterocycles. The van der Waals surface area contributed by atoms with E-state index in [4.69, 9.17) is 57.1 Å². The zero-order chi connectivity index (χ0) is 31.0. The van der Waals surface area contributed by atoms with Gasteiger partial charge in [-0.15, -0.1) is 0 Å². The highest BCUT2D eigenvalue weighted by Crippen LogP contribution is 2.34. The van der Waals surface area contributed by atoms with Crippen LogP contribution in [0.4, 0.5) is 0 Å². The molecule has 1 saturated carbocycles. The van der Waals surface area contributed by atoms with Gasteiger partial charge in [-0.05, 0) is 6.42 Å². The van der Waals surface area contributed by atoms with Gasteiger partial charge >= 0.3 is 0 Å². The zero-order valence-corrected chi connectivity index (χ0v) is 22.7. The largest absolute Gasteiger partial charge is 0.394 e. The van der Waals surface area contributed by atoms with E-state index < -0.39 is 129 Å². The minimum Gasteiger partial charge on any atom is -0.394 e. The van der Waals surface area contributed by atoms with Gasteiger partial charge in [-0.1, -0.05) is 0 Å². The highest BCUT2D eigenvalue weighted by atomic mass is 16.8. The molecule has 1 aliphatic carbocycles. The lowest BCUT2D eigenvalue weighted by molar-refractivity contribution is -0.310. The van der Waals surface area contributed by atoms with Gasteiger partial charge in [0.05, 0.1) is 31.4 Å². The summed E-state index contributed by atoms with van der Waals surface area (Å²) in [5.74, 6) is 0. The molecule has 0 aromatic carbocycles. The van der Waals surface area contributed by atoms with Crippen LogP contribution in [0.15, 0.2) is 0 Å². The third-order valence-electron chi connectivity index (χ3n) is 8.32. The topological polar surface area (TPSA) is 347 Å². The Kier molecular flexibility index (Phi) is 11.5. The summed E-state index contributed by atoms with van der Waals surface area (Å²) in [6, 6.07) is -4.30. The van der Waals surface area contributed by atoms with Gasteiger partial charge in [0.2, 0.25) is 0 Å². The molecule has 19 nitrogen and oxygen atoms in total. The van der Waals surface area contributed by atoms with Gasteiger partial charge in [-0.2, -0.15) is 0 Å². The van der Waals surface area contributed by atoms with E-state index in [0.717, 1.165) is 0 Å². The second kappa shape index (κ2) is 14.1. The number of ether oxygens (including phenoxy) is 6. The van der Waals surface area contributed by atoms with E-state index in [1.54, 1.807) is 0 Å². The number of hydrogen-bond acceptors (Lipinski definition) is 19. The summed E-state index contributed by atoms with van der Waals surface area (Å²) < 4.78 is 34.4. The van der Waals surface area contributed by atoms with Crippen LogP contribution in [-0.4, -0.2) is 177 Å². The normalized spacial score (nSPS) is 53.8. The van der Waals surface area contributed by atoms with Gasteiger partial charge in [0.25, 0.3) is 0 Å². The molecular formula is C23H45N5O14. The van der Waals surface area contributed by atoms with Gasteiger partial charge in [-0.25, -0.2) is 0 Å². The van der Waals surface area contributed by atoms with E-state index in [-0.39, 0.29) is 13.0 Å². The first-order valence-corrected chi connectivity index (χ1v) is 13.8. The Morgan fingerprint density at radius 2 is 1.00 bits per heavy atom. The maximum Gasteiger partial charge on any atom is 0.187 e. The Morgan fingerprint density at radius 1 is 0.524 bits per heavy atom. The molecule has 246 valence electrons. The number of hydrogen-bond donors (Lipinski definition) is 13. The smallest absolute Gasteiger partial charge is 0.187 e. The summed E-state index contributed by atoms with van der Waals surface area (Å²) in [5, 5.41) is 82.3. The van der Waals surface area contributed by atoms with Gasteiger partial charge in [0.1, 0.15) is 67.1 Å². The molecule has 19 atom stereocenters. The third-order valence-corrected chi connectivity index (χ3v) is 8.32. The quantitative estimate of drug-likeness (QED) is 0.114. The summed E-state index contributed by atoms with van der Waals surface area (Å²) in [6.45, 7) is -1.49. The van der Waals surface area contributed by atoms with E-state index in [0.29, 0.717) is 0 Å². The summed E-state index contributed by atoms with van der Waals surface area (Å²) in [6.07, 6.45) is -20.5. The first kappa shape index (κ1) is 34.1. The summed E-state index contributed by atoms with van der Waals surface area (Å²) in [7, 11) is 0. The molecular weight excluding hydrogens is 570 g/mol. The van der Waals surface area contributed by atoms with Gasteiger partial charge in [-0.3, -0.25) is 0 Å². The van der Waals surface area contributed by atoms with Crippen LogP contribution in [0.5, 0.6) is 0 Å². The van der Waals surface area contributed by atoms with Crippen LogP contribution in [0, 0.1) is 0 Å². The Bertz CT molecular complexity index is 866. The van der Waals surface area contributed by atoms with Crippen molar-refractivity contribution in [2.45, 2.75) is 123 Å². The minimum absolute atomic E-state index is 0.0642. The third kappa shape index (κ3) is 6.60. The maximum absolute atomic E-state index is 11.1. The van der Waals surface area contributed by atoms with Crippen molar-refractivity contribution in [3.8, 4) is 0 Å². The SMILES string of the molecule is NC[C@H]1O[C@@H](O[C@H]2[C@@H](O)[C@@H](O[C@H]3[C@H](O)[C@@H](N)C[C@@H](N)[C@@H]3O[C@@H]3O[C@@H](CO)[C@H](O)[C@@H](O)[C@@H]3N)O[C@@H]2CO)[C@@H](N)[C@H](O)[C@H]1O. The van der Waals surface area contributed by atoms with Gasteiger partial charge in [0, 0.05) is 18.6 Å². The molecule has 0 aromatic rings. The summed E-state index contributed by atoms with van der Waals surface area (Å²) in [4.78, 5) is 0. The molecule has 4 fully saturated rings. The fourth-order valence-electron chi connectivity index (χ4n) is 5.70. The average Bonchev–Trinajstić information content (AvgIpc) is 3.27. The van der Waals surface area contributed by atoms with Crippen molar-refractivity contribution in [1.82, 2.24) is 0 Å². The molecule has 0 bridgehead atoms. The second-order valence-corrected chi connectivity index (χ2v) is 11.2. The molecule has 4 rings (SSSR count). The summed E-state index contributed by atoms with van der Waals surface area (Å²) >= 11 is 0. The van der Waals surface area contributed by atoms with Crippen molar-refractivity contribution in [1.29, 1.82) is 0 Å². The van der Waals surface area contributed by atoms with E-state index in [2.05, 4.69) is 0 Å². The first-order chi connectivity index (χ1) is 19.8. The van der Waals surface area contributed by atoms with Crippen molar-refractivity contribution in [3.05, 3.63) is 0 Å². The predicted octanol–water partition coefficient (Wildman–Crippen LogP) is -8.86.